The minimum absolute atomic E-state index is 0.246. The Balaban J connectivity index is 3.67. The predicted molar refractivity (Wildman–Crippen MR) is 47.9 cm³/mol. The van der Waals surface area contributed by atoms with Crippen molar-refractivity contribution in [1.82, 2.24) is 5.32 Å². The van der Waals surface area contributed by atoms with Crippen molar-refractivity contribution in [1.29, 1.82) is 0 Å². The van der Waals surface area contributed by atoms with Crippen molar-refractivity contribution >= 4 is 11.9 Å². The third-order valence-electron chi connectivity index (χ3n) is 1.52. The average molecular weight is 205 g/mol. The van der Waals surface area contributed by atoms with Crippen LogP contribution >= 0.6 is 0 Å². The molecule has 2 N–H and O–H groups in total. The third-order valence-corrected chi connectivity index (χ3v) is 1.52. The van der Waals surface area contributed by atoms with E-state index in [9.17, 15) is 9.59 Å². The topological polar surface area (TPSA) is 84.9 Å². The Morgan fingerprint density at radius 3 is 2.50 bits per heavy atom. The van der Waals surface area contributed by atoms with Crippen molar-refractivity contribution < 1.29 is 24.2 Å². The number of hydrogen-bond donors (Lipinski definition) is 2. The van der Waals surface area contributed by atoms with Crippen LogP contribution in [0, 0.1) is 0 Å². The summed E-state index contributed by atoms with van der Waals surface area (Å²) in [6.07, 6.45) is -0.776. The Bertz CT molecular complexity index is 194. The van der Waals surface area contributed by atoms with E-state index in [0.29, 0.717) is 6.61 Å². The Hall–Kier alpha value is -1.14. The molecule has 0 saturated heterocycles. The van der Waals surface area contributed by atoms with E-state index in [1.807, 2.05) is 0 Å². The Morgan fingerprint density at radius 1 is 1.43 bits per heavy atom. The fourth-order valence-electron chi connectivity index (χ4n) is 0.824. The molecular formula is C8H15NO5. The number of amides is 1. The van der Waals surface area contributed by atoms with E-state index in [-0.39, 0.29) is 12.6 Å². The Labute approximate surface area is 82.2 Å². The lowest BCUT2D eigenvalue weighted by molar-refractivity contribution is -0.140. The van der Waals surface area contributed by atoms with Gasteiger partial charge in [-0.05, 0) is 0 Å². The van der Waals surface area contributed by atoms with Crippen molar-refractivity contribution in [2.24, 2.45) is 0 Å². The second-order valence-electron chi connectivity index (χ2n) is 2.69. The Kier molecular flexibility index (Phi) is 6.69. The lowest BCUT2D eigenvalue weighted by Gasteiger charge is -2.14. The molecule has 0 bridgehead atoms. The summed E-state index contributed by atoms with van der Waals surface area (Å²) in [5, 5.41) is 10.7. The van der Waals surface area contributed by atoms with Gasteiger partial charge in [-0.1, -0.05) is 0 Å². The monoisotopic (exact) mass is 205 g/mol. The first-order chi connectivity index (χ1) is 6.60. The third kappa shape index (κ3) is 6.38. The summed E-state index contributed by atoms with van der Waals surface area (Å²) in [5.74, 6) is -1.68. The van der Waals surface area contributed by atoms with Crippen LogP contribution in [0.5, 0.6) is 0 Å². The van der Waals surface area contributed by atoms with E-state index in [1.165, 1.54) is 14.2 Å². The van der Waals surface area contributed by atoms with Gasteiger partial charge >= 0.3 is 5.97 Å². The number of aliphatic carboxylic acids is 1. The number of carbonyl (C=O) groups excluding carboxylic acids is 1. The molecule has 0 spiro atoms. The first-order valence-electron chi connectivity index (χ1n) is 4.10. The molecule has 1 unspecified atom stereocenters. The molecule has 0 aliphatic rings. The average Bonchev–Trinajstić information content (AvgIpc) is 2.11. The van der Waals surface area contributed by atoms with Gasteiger partial charge in [-0.15, -0.1) is 0 Å². The van der Waals surface area contributed by atoms with Gasteiger partial charge in [0.2, 0.25) is 5.91 Å². The van der Waals surface area contributed by atoms with Crippen LogP contribution in [0.3, 0.4) is 0 Å². The molecule has 0 saturated carbocycles. The van der Waals surface area contributed by atoms with Crippen LogP contribution in [0.4, 0.5) is 0 Å². The first kappa shape index (κ1) is 12.9. The normalized spacial score (nSPS) is 12.1. The number of ether oxygens (including phenoxy) is 2. The minimum atomic E-state index is -1.15. The molecule has 6 heteroatoms. The number of hydrogen-bond acceptors (Lipinski definition) is 4. The largest absolute Gasteiger partial charge is 0.481 e. The van der Waals surface area contributed by atoms with Gasteiger partial charge in [-0.2, -0.15) is 0 Å². The molecule has 0 fully saturated rings. The number of nitrogens with one attached hydrogen (secondary N) is 1. The predicted octanol–water partition coefficient (Wildman–Crippen LogP) is -0.761. The van der Waals surface area contributed by atoms with Gasteiger partial charge in [0.25, 0.3) is 0 Å². The van der Waals surface area contributed by atoms with Gasteiger partial charge < -0.3 is 19.9 Å². The van der Waals surface area contributed by atoms with Gasteiger partial charge in [-0.3, -0.25) is 9.59 Å². The van der Waals surface area contributed by atoms with Gasteiger partial charge in [0.1, 0.15) is 6.42 Å². The lowest BCUT2D eigenvalue weighted by atomic mass is 10.3. The zero-order valence-electron chi connectivity index (χ0n) is 8.28. The molecule has 14 heavy (non-hydrogen) atoms. The molecule has 0 aliphatic carbocycles. The number of methoxy groups -OCH3 is 2. The Morgan fingerprint density at radius 2 is 2.07 bits per heavy atom. The molecule has 82 valence electrons. The van der Waals surface area contributed by atoms with Gasteiger partial charge in [0.05, 0.1) is 12.7 Å². The van der Waals surface area contributed by atoms with Crippen molar-refractivity contribution in [3.63, 3.8) is 0 Å². The molecule has 0 rings (SSSR count). The summed E-state index contributed by atoms with van der Waals surface area (Å²) in [6, 6.07) is 0. The fourth-order valence-corrected chi connectivity index (χ4v) is 0.824. The van der Waals surface area contributed by atoms with Crippen LogP contribution in [-0.4, -0.2) is 50.5 Å². The molecule has 0 heterocycles. The number of carboxylic acids is 1. The molecule has 6 nitrogen and oxygen atoms in total. The molecule has 1 amide bonds. The van der Waals surface area contributed by atoms with Crippen LogP contribution < -0.4 is 5.32 Å². The molecule has 1 atom stereocenters. The smallest absolute Gasteiger partial charge is 0.312 e. The summed E-state index contributed by atoms with van der Waals surface area (Å²) in [5.41, 5.74) is 0. The number of carbonyl (C=O) groups is 2. The molecule has 0 aromatic rings. The number of rotatable bonds is 7. The highest BCUT2D eigenvalue weighted by molar-refractivity contribution is 5.93. The molecule has 0 aromatic heterocycles. The summed E-state index contributed by atoms with van der Waals surface area (Å²) >= 11 is 0. The van der Waals surface area contributed by atoms with Crippen molar-refractivity contribution in [3.8, 4) is 0 Å². The van der Waals surface area contributed by atoms with E-state index in [4.69, 9.17) is 14.6 Å². The zero-order chi connectivity index (χ0) is 11.0. The quantitative estimate of drug-likeness (QED) is 0.533. The molecule has 0 aromatic carbocycles. The molecular weight excluding hydrogens is 190 g/mol. The maximum atomic E-state index is 10.9. The standard InChI is InChI=1S/C8H15NO5/c1-13-5-6(14-2)4-9-7(10)3-8(11)12/h6H,3-5H2,1-2H3,(H,9,10)(H,11,12). The van der Waals surface area contributed by atoms with E-state index >= 15 is 0 Å². The summed E-state index contributed by atoms with van der Waals surface area (Å²) in [4.78, 5) is 21.0. The van der Waals surface area contributed by atoms with Crippen molar-refractivity contribution in [3.05, 3.63) is 0 Å². The highest BCUT2D eigenvalue weighted by Crippen LogP contribution is 1.89. The SMILES string of the molecule is COCC(CNC(=O)CC(=O)O)OC. The van der Waals surface area contributed by atoms with Crippen molar-refractivity contribution in [2.75, 3.05) is 27.4 Å². The molecule has 0 aliphatic heterocycles. The lowest BCUT2D eigenvalue weighted by Crippen LogP contribution is -2.36. The minimum Gasteiger partial charge on any atom is -0.481 e. The maximum absolute atomic E-state index is 10.9. The maximum Gasteiger partial charge on any atom is 0.312 e. The van der Waals surface area contributed by atoms with Crippen LogP contribution in [0.1, 0.15) is 6.42 Å². The summed E-state index contributed by atoms with van der Waals surface area (Å²) in [6.45, 7) is 0.598. The summed E-state index contributed by atoms with van der Waals surface area (Å²) in [7, 11) is 3.01. The van der Waals surface area contributed by atoms with E-state index < -0.39 is 18.3 Å². The second-order valence-corrected chi connectivity index (χ2v) is 2.69. The fraction of sp³-hybridized carbons (Fsp3) is 0.750. The van der Waals surface area contributed by atoms with Gasteiger partial charge in [-0.25, -0.2) is 0 Å². The van der Waals surface area contributed by atoms with Crippen LogP contribution in [0.15, 0.2) is 0 Å². The van der Waals surface area contributed by atoms with E-state index in [2.05, 4.69) is 5.32 Å². The van der Waals surface area contributed by atoms with Crippen LogP contribution in [-0.2, 0) is 19.1 Å². The van der Waals surface area contributed by atoms with Crippen LogP contribution in [0.25, 0.3) is 0 Å². The first-order valence-corrected chi connectivity index (χ1v) is 4.10. The van der Waals surface area contributed by atoms with E-state index in [0.717, 1.165) is 0 Å². The van der Waals surface area contributed by atoms with Crippen LogP contribution in [0.2, 0.25) is 0 Å². The van der Waals surface area contributed by atoms with Gasteiger partial charge in [0.15, 0.2) is 0 Å². The summed E-state index contributed by atoms with van der Waals surface area (Å²) < 4.78 is 9.77. The number of carboxylic acid groups (broad SMARTS) is 1. The molecule has 0 radical (unpaired) electrons. The highest BCUT2D eigenvalue weighted by atomic mass is 16.5. The highest BCUT2D eigenvalue weighted by Gasteiger charge is 2.11. The zero-order valence-corrected chi connectivity index (χ0v) is 8.28. The van der Waals surface area contributed by atoms with Crippen molar-refractivity contribution in [2.45, 2.75) is 12.5 Å². The van der Waals surface area contributed by atoms with Gasteiger partial charge in [0, 0.05) is 20.8 Å². The second kappa shape index (κ2) is 7.28. The van der Waals surface area contributed by atoms with E-state index in [1.54, 1.807) is 0 Å².